The van der Waals surface area contributed by atoms with E-state index in [-0.39, 0.29) is 28.1 Å². The fourth-order valence-electron chi connectivity index (χ4n) is 6.66. The van der Waals surface area contributed by atoms with Crippen molar-refractivity contribution < 1.29 is 9.18 Å². The van der Waals surface area contributed by atoms with E-state index in [4.69, 9.17) is 32.7 Å². The van der Waals surface area contributed by atoms with Gasteiger partial charge in [-0.2, -0.15) is 4.98 Å². The summed E-state index contributed by atoms with van der Waals surface area (Å²) in [6.45, 7) is 13.8. The topological polar surface area (TPSA) is 106 Å². The number of likely N-dealkylation sites (N-methyl/N-ethyl adjacent to an activating group) is 1. The summed E-state index contributed by atoms with van der Waals surface area (Å²) < 4.78 is 16.8. The molecule has 1 atom stereocenters. The van der Waals surface area contributed by atoms with Crippen LogP contribution in [0.25, 0.3) is 22.0 Å². The van der Waals surface area contributed by atoms with Crippen molar-refractivity contribution in [3.8, 4) is 11.1 Å². The molecular formula is C32H38ClFN8O. The number of aryl methyl sites for hydroxylation is 1. The number of nitrogens with two attached hydrogens (primary N) is 1. The first kappa shape index (κ1) is 29.3. The molecule has 1 saturated carbocycles. The van der Waals surface area contributed by atoms with Gasteiger partial charge in [0.2, 0.25) is 11.9 Å². The normalized spacial score (nSPS) is 19.2. The fraction of sp³-hybridized carbons (Fsp3) is 0.438. The first-order chi connectivity index (χ1) is 20.7. The van der Waals surface area contributed by atoms with Gasteiger partial charge in [-0.15, -0.1) is 0 Å². The Kier molecular flexibility index (Phi) is 7.76. The van der Waals surface area contributed by atoms with E-state index in [1.54, 1.807) is 23.1 Å². The van der Waals surface area contributed by atoms with Gasteiger partial charge in [-0.3, -0.25) is 9.69 Å². The fourth-order valence-corrected chi connectivity index (χ4v) is 6.94. The van der Waals surface area contributed by atoms with Crippen molar-refractivity contribution >= 4 is 52.1 Å². The summed E-state index contributed by atoms with van der Waals surface area (Å²) in [5, 5.41) is 8.70. The van der Waals surface area contributed by atoms with E-state index >= 15 is 4.39 Å². The standard InChI is InChI=1S/C32H38ClFN8O/c1-5-26(43)42-12-11-39(15-19(42)4)31-22-13-24(33)28(27-18(3)7-10-25(36)23(27)14-35)29(34)30(22)37-32(38-31)40-16-21(17-40)41(6-2)20-8-9-20/h5,7,10,13-14,19-21,35H,1,6,8-9,11-12,15-17,36H2,2-4H3. The SMILES string of the molecule is C=CC(=O)N1CCN(c2nc(N3CC(N(CC)C4CC4)C3)nc3c(F)c(-c4c(C)ccc(N)c4C=N)c(Cl)cc23)CC1C. The first-order valence-electron chi connectivity index (χ1n) is 14.9. The van der Waals surface area contributed by atoms with Crippen LogP contribution in [0.15, 0.2) is 30.9 Å². The molecule has 3 aliphatic rings. The lowest BCUT2D eigenvalue weighted by atomic mass is 9.92. The number of benzene rings is 2. The molecule has 11 heteroatoms. The molecule has 1 aliphatic carbocycles. The van der Waals surface area contributed by atoms with Crippen molar-refractivity contribution in [2.45, 2.75) is 51.7 Å². The van der Waals surface area contributed by atoms with Crippen LogP contribution >= 0.6 is 11.6 Å². The van der Waals surface area contributed by atoms with Crippen molar-refractivity contribution in [1.82, 2.24) is 19.8 Å². The van der Waals surface area contributed by atoms with E-state index in [2.05, 4.69) is 28.2 Å². The van der Waals surface area contributed by atoms with Crippen molar-refractivity contribution in [3.05, 3.63) is 52.8 Å². The number of amides is 1. The molecule has 3 N–H and O–H groups in total. The van der Waals surface area contributed by atoms with Crippen molar-refractivity contribution in [2.24, 2.45) is 0 Å². The molecule has 3 fully saturated rings. The predicted octanol–water partition coefficient (Wildman–Crippen LogP) is 4.87. The molecule has 0 spiro atoms. The molecule has 2 saturated heterocycles. The molecule has 2 aliphatic heterocycles. The molecule has 2 aromatic carbocycles. The van der Waals surface area contributed by atoms with Crippen LogP contribution in [-0.2, 0) is 4.79 Å². The highest BCUT2D eigenvalue weighted by atomic mass is 35.5. The third-order valence-corrected chi connectivity index (χ3v) is 9.41. The average Bonchev–Trinajstić information content (AvgIpc) is 3.81. The highest BCUT2D eigenvalue weighted by Gasteiger charge is 2.40. The molecule has 1 unspecified atom stereocenters. The summed E-state index contributed by atoms with van der Waals surface area (Å²) in [6.07, 6.45) is 4.97. The summed E-state index contributed by atoms with van der Waals surface area (Å²) in [6, 6.07) is 6.23. The van der Waals surface area contributed by atoms with Crippen LogP contribution in [-0.4, -0.2) is 89.3 Å². The van der Waals surface area contributed by atoms with Gasteiger partial charge in [0.1, 0.15) is 11.3 Å². The van der Waals surface area contributed by atoms with Crippen LogP contribution in [0.3, 0.4) is 0 Å². The Morgan fingerprint density at radius 1 is 1.19 bits per heavy atom. The Morgan fingerprint density at radius 3 is 2.56 bits per heavy atom. The number of hydrogen-bond acceptors (Lipinski definition) is 8. The number of rotatable bonds is 8. The monoisotopic (exact) mass is 604 g/mol. The maximum atomic E-state index is 16.8. The van der Waals surface area contributed by atoms with Gasteiger partial charge in [-0.05, 0) is 62.6 Å². The quantitative estimate of drug-likeness (QED) is 0.215. The Balaban J connectivity index is 1.47. The van der Waals surface area contributed by atoms with Gasteiger partial charge in [-0.25, -0.2) is 9.37 Å². The van der Waals surface area contributed by atoms with Crippen LogP contribution in [0, 0.1) is 18.2 Å². The van der Waals surface area contributed by atoms with E-state index in [9.17, 15) is 4.79 Å². The highest BCUT2D eigenvalue weighted by Crippen LogP contribution is 2.42. The van der Waals surface area contributed by atoms with Crippen LogP contribution in [0.5, 0.6) is 0 Å². The molecule has 0 bridgehead atoms. The average molecular weight is 605 g/mol. The van der Waals surface area contributed by atoms with Gasteiger partial charge in [0.05, 0.1) is 5.02 Å². The molecule has 43 heavy (non-hydrogen) atoms. The molecule has 3 heterocycles. The highest BCUT2D eigenvalue weighted by molar-refractivity contribution is 6.34. The van der Waals surface area contributed by atoms with Gasteiger partial charge in [0.25, 0.3) is 0 Å². The van der Waals surface area contributed by atoms with Crippen LogP contribution < -0.4 is 15.5 Å². The zero-order valence-electron chi connectivity index (χ0n) is 24.9. The largest absolute Gasteiger partial charge is 0.398 e. The third kappa shape index (κ3) is 5.10. The number of nitrogens with one attached hydrogen (secondary N) is 1. The maximum absolute atomic E-state index is 16.8. The number of carbonyl (C=O) groups is 1. The van der Waals surface area contributed by atoms with Gasteiger partial charge in [0.15, 0.2) is 5.82 Å². The second-order valence-electron chi connectivity index (χ2n) is 11.8. The van der Waals surface area contributed by atoms with Gasteiger partial charge < -0.3 is 25.8 Å². The number of aromatic nitrogens is 2. The Morgan fingerprint density at radius 2 is 1.93 bits per heavy atom. The minimum absolute atomic E-state index is 0.0950. The van der Waals surface area contributed by atoms with E-state index in [0.717, 1.165) is 31.4 Å². The van der Waals surface area contributed by atoms with Gasteiger partial charge in [0, 0.05) is 79.3 Å². The number of halogens is 2. The summed E-state index contributed by atoms with van der Waals surface area (Å²) in [5.41, 5.74) is 8.57. The van der Waals surface area contributed by atoms with Crippen LogP contribution in [0.2, 0.25) is 5.02 Å². The minimum atomic E-state index is -0.567. The molecule has 226 valence electrons. The van der Waals surface area contributed by atoms with E-state index < -0.39 is 5.82 Å². The summed E-state index contributed by atoms with van der Waals surface area (Å²) in [5.74, 6) is 0.399. The molecular weight excluding hydrogens is 567 g/mol. The van der Waals surface area contributed by atoms with E-state index in [1.807, 2.05) is 13.8 Å². The number of fused-ring (bicyclic) bond motifs is 1. The number of carbonyl (C=O) groups excluding carboxylic acids is 1. The molecule has 9 nitrogen and oxygen atoms in total. The first-order valence-corrected chi connectivity index (χ1v) is 15.3. The second kappa shape index (κ2) is 11.4. The van der Waals surface area contributed by atoms with Gasteiger partial charge >= 0.3 is 0 Å². The van der Waals surface area contributed by atoms with Crippen molar-refractivity contribution in [1.29, 1.82) is 5.41 Å². The number of nitrogens with zero attached hydrogens (tertiary/aromatic N) is 6. The predicted molar refractivity (Wildman–Crippen MR) is 172 cm³/mol. The zero-order valence-corrected chi connectivity index (χ0v) is 25.7. The molecule has 0 radical (unpaired) electrons. The Bertz CT molecular complexity index is 1620. The summed E-state index contributed by atoms with van der Waals surface area (Å²) in [4.78, 5) is 30.8. The van der Waals surface area contributed by atoms with Crippen molar-refractivity contribution in [2.75, 3.05) is 54.8 Å². The molecule has 6 rings (SSSR count). The Labute approximate surface area is 256 Å². The number of piperazine rings is 1. The lowest BCUT2D eigenvalue weighted by Gasteiger charge is -2.46. The summed E-state index contributed by atoms with van der Waals surface area (Å²) >= 11 is 6.86. The van der Waals surface area contributed by atoms with Crippen LogP contribution in [0.4, 0.5) is 21.8 Å². The smallest absolute Gasteiger partial charge is 0.246 e. The lowest BCUT2D eigenvalue weighted by Crippen LogP contribution is -2.60. The summed E-state index contributed by atoms with van der Waals surface area (Å²) in [7, 11) is 0. The van der Waals surface area contributed by atoms with E-state index in [0.29, 0.717) is 65.7 Å². The van der Waals surface area contributed by atoms with Crippen molar-refractivity contribution in [3.63, 3.8) is 0 Å². The molecule has 3 aromatic rings. The Hall–Kier alpha value is -3.76. The van der Waals surface area contributed by atoms with Gasteiger partial charge in [-0.1, -0.05) is 31.2 Å². The third-order valence-electron chi connectivity index (χ3n) is 9.11. The maximum Gasteiger partial charge on any atom is 0.246 e. The van der Waals surface area contributed by atoms with E-state index in [1.165, 1.54) is 18.9 Å². The number of hydrogen-bond donors (Lipinski definition) is 2. The molecule has 1 aromatic heterocycles. The lowest BCUT2D eigenvalue weighted by molar-refractivity contribution is -0.128. The minimum Gasteiger partial charge on any atom is -0.398 e. The number of nitrogen functional groups attached to an aromatic ring is 1. The zero-order chi connectivity index (χ0) is 30.6. The molecule has 1 amide bonds. The van der Waals surface area contributed by atoms with Crippen LogP contribution in [0.1, 0.15) is 37.8 Å². The second-order valence-corrected chi connectivity index (χ2v) is 12.3. The number of anilines is 3.